The number of fused-ring (bicyclic) bond motifs is 1. The Kier molecular flexibility index (Phi) is 3.95. The van der Waals surface area contributed by atoms with Gasteiger partial charge in [-0.1, -0.05) is 11.6 Å². The van der Waals surface area contributed by atoms with Gasteiger partial charge in [0.05, 0.1) is 17.1 Å². The minimum Gasteiger partial charge on any atom is -0.368 e. The van der Waals surface area contributed by atoms with Crippen molar-refractivity contribution < 1.29 is 4.79 Å². The third-order valence-corrected chi connectivity index (χ3v) is 4.42. The molecule has 22 heavy (non-hydrogen) atoms. The average molecular weight is 322 g/mol. The summed E-state index contributed by atoms with van der Waals surface area (Å²) in [4.78, 5) is 18.1. The van der Waals surface area contributed by atoms with Gasteiger partial charge in [-0.25, -0.2) is 9.50 Å². The minimum absolute atomic E-state index is 0.0345. The number of amides is 1. The molecule has 0 aromatic carbocycles. The van der Waals surface area contributed by atoms with Crippen LogP contribution in [0.15, 0.2) is 6.07 Å². The Labute approximate surface area is 134 Å². The number of rotatable bonds is 2. The van der Waals surface area contributed by atoms with E-state index in [4.69, 9.17) is 11.6 Å². The molecule has 1 N–H and O–H groups in total. The monoisotopic (exact) mass is 321 g/mol. The molecule has 2 aromatic rings. The van der Waals surface area contributed by atoms with Crippen LogP contribution in [0.25, 0.3) is 5.65 Å². The molecule has 3 heterocycles. The molecular formula is C15H20ClN5O. The van der Waals surface area contributed by atoms with E-state index < -0.39 is 0 Å². The fourth-order valence-corrected chi connectivity index (χ4v) is 3.15. The van der Waals surface area contributed by atoms with Crippen LogP contribution in [0.3, 0.4) is 0 Å². The van der Waals surface area contributed by atoms with Gasteiger partial charge in [-0.2, -0.15) is 5.10 Å². The highest BCUT2D eigenvalue weighted by Crippen LogP contribution is 2.28. The first-order valence-electron chi connectivity index (χ1n) is 7.50. The van der Waals surface area contributed by atoms with Crippen molar-refractivity contribution in [2.75, 3.05) is 18.0 Å². The van der Waals surface area contributed by atoms with Crippen molar-refractivity contribution in [3.8, 4) is 0 Å². The van der Waals surface area contributed by atoms with E-state index in [9.17, 15) is 4.79 Å². The zero-order valence-electron chi connectivity index (χ0n) is 13.1. The molecule has 0 radical (unpaired) electrons. The van der Waals surface area contributed by atoms with Crippen LogP contribution in [-0.2, 0) is 4.79 Å². The zero-order valence-corrected chi connectivity index (χ0v) is 13.8. The number of halogens is 1. The maximum atomic E-state index is 11.2. The number of anilines is 1. The van der Waals surface area contributed by atoms with Crippen LogP contribution in [0.2, 0.25) is 5.15 Å². The minimum atomic E-state index is 0.0345. The maximum Gasteiger partial charge on any atom is 0.217 e. The third-order valence-electron chi connectivity index (χ3n) is 4.24. The Morgan fingerprint density at radius 1 is 1.36 bits per heavy atom. The van der Waals surface area contributed by atoms with E-state index in [-0.39, 0.29) is 11.9 Å². The van der Waals surface area contributed by atoms with Gasteiger partial charge in [-0.3, -0.25) is 4.79 Å². The van der Waals surface area contributed by atoms with Crippen molar-refractivity contribution in [3.05, 3.63) is 22.6 Å². The smallest absolute Gasteiger partial charge is 0.217 e. The number of aromatic nitrogens is 3. The van der Waals surface area contributed by atoms with Crippen LogP contribution in [-0.4, -0.2) is 39.6 Å². The second-order valence-corrected chi connectivity index (χ2v) is 6.22. The molecule has 118 valence electrons. The Balaban J connectivity index is 1.88. The summed E-state index contributed by atoms with van der Waals surface area (Å²) in [5.41, 5.74) is 3.82. The molecule has 0 aliphatic carbocycles. The quantitative estimate of drug-likeness (QED) is 0.920. The Bertz CT molecular complexity index is 718. The Morgan fingerprint density at radius 3 is 2.68 bits per heavy atom. The van der Waals surface area contributed by atoms with E-state index in [1.54, 1.807) is 6.92 Å². The lowest BCUT2D eigenvalue weighted by molar-refractivity contribution is -0.119. The highest BCUT2D eigenvalue weighted by molar-refractivity contribution is 6.29. The topological polar surface area (TPSA) is 62.5 Å². The molecule has 0 atom stereocenters. The Morgan fingerprint density at radius 2 is 2.05 bits per heavy atom. The fraction of sp³-hybridized carbons (Fsp3) is 0.533. The first-order valence-corrected chi connectivity index (χ1v) is 7.88. The summed E-state index contributed by atoms with van der Waals surface area (Å²) < 4.78 is 1.81. The van der Waals surface area contributed by atoms with Gasteiger partial charge in [0, 0.05) is 32.1 Å². The van der Waals surface area contributed by atoms with Crippen LogP contribution < -0.4 is 10.2 Å². The number of hydrogen-bond acceptors (Lipinski definition) is 4. The standard InChI is InChI=1S/C15H20ClN5O/c1-9-10(2)21-15(17-9)13(8-14(16)19-21)20-6-4-12(5-7-20)18-11(3)22/h8,12H,4-7H2,1-3H3,(H,18,22). The van der Waals surface area contributed by atoms with Crippen molar-refractivity contribution in [1.29, 1.82) is 0 Å². The summed E-state index contributed by atoms with van der Waals surface area (Å²) >= 11 is 6.18. The molecule has 1 fully saturated rings. The maximum absolute atomic E-state index is 11.2. The summed E-state index contributed by atoms with van der Waals surface area (Å²) in [7, 11) is 0. The van der Waals surface area contributed by atoms with Gasteiger partial charge in [-0.15, -0.1) is 0 Å². The molecular weight excluding hydrogens is 302 g/mol. The van der Waals surface area contributed by atoms with Crippen molar-refractivity contribution in [2.45, 2.75) is 39.7 Å². The van der Waals surface area contributed by atoms with Crippen molar-refractivity contribution in [2.24, 2.45) is 0 Å². The molecule has 0 unspecified atom stereocenters. The number of nitrogens with one attached hydrogen (secondary N) is 1. The van der Waals surface area contributed by atoms with Gasteiger partial charge in [-0.05, 0) is 26.7 Å². The summed E-state index contributed by atoms with van der Waals surface area (Å²) in [6.07, 6.45) is 1.84. The molecule has 0 spiro atoms. The van der Waals surface area contributed by atoms with Gasteiger partial charge in [0.25, 0.3) is 0 Å². The normalized spacial score (nSPS) is 16.3. The second kappa shape index (κ2) is 5.76. The van der Waals surface area contributed by atoms with Crippen LogP contribution >= 0.6 is 11.6 Å². The lowest BCUT2D eigenvalue weighted by Gasteiger charge is -2.33. The molecule has 2 aromatic heterocycles. The molecule has 6 nitrogen and oxygen atoms in total. The molecule has 3 rings (SSSR count). The average Bonchev–Trinajstić information content (AvgIpc) is 2.74. The molecule has 1 amide bonds. The van der Waals surface area contributed by atoms with Gasteiger partial charge in [0.15, 0.2) is 10.8 Å². The van der Waals surface area contributed by atoms with E-state index in [0.717, 1.165) is 48.7 Å². The fourth-order valence-electron chi connectivity index (χ4n) is 2.97. The SMILES string of the molecule is CC(=O)NC1CCN(c2cc(Cl)nn3c(C)c(C)nc23)CC1. The van der Waals surface area contributed by atoms with Crippen molar-refractivity contribution in [1.82, 2.24) is 19.9 Å². The highest BCUT2D eigenvalue weighted by atomic mass is 35.5. The summed E-state index contributed by atoms with van der Waals surface area (Å²) in [6.45, 7) is 7.27. The summed E-state index contributed by atoms with van der Waals surface area (Å²) in [5, 5.41) is 7.80. The predicted octanol–water partition coefficient (Wildman–Crippen LogP) is 2.10. The third kappa shape index (κ3) is 2.75. The van der Waals surface area contributed by atoms with Gasteiger partial charge < -0.3 is 10.2 Å². The molecule has 0 bridgehead atoms. The summed E-state index contributed by atoms with van der Waals surface area (Å²) in [5.74, 6) is 0.0345. The molecule has 1 aliphatic heterocycles. The van der Waals surface area contributed by atoms with Crippen LogP contribution in [0, 0.1) is 13.8 Å². The van der Waals surface area contributed by atoms with Crippen LogP contribution in [0.4, 0.5) is 5.69 Å². The number of carbonyl (C=O) groups excluding carboxylic acids is 1. The van der Waals surface area contributed by atoms with Gasteiger partial charge >= 0.3 is 0 Å². The van der Waals surface area contributed by atoms with Gasteiger partial charge in [0.2, 0.25) is 5.91 Å². The second-order valence-electron chi connectivity index (χ2n) is 5.83. The molecule has 0 saturated carbocycles. The zero-order chi connectivity index (χ0) is 15.9. The number of nitrogens with zero attached hydrogens (tertiary/aromatic N) is 4. The van der Waals surface area contributed by atoms with Crippen molar-refractivity contribution >= 4 is 28.8 Å². The molecule has 1 aliphatic rings. The van der Waals surface area contributed by atoms with E-state index in [1.807, 2.05) is 24.4 Å². The van der Waals surface area contributed by atoms with E-state index >= 15 is 0 Å². The lowest BCUT2D eigenvalue weighted by Crippen LogP contribution is -2.44. The Hall–Kier alpha value is -1.82. The first kappa shape index (κ1) is 15.1. The number of imidazole rings is 1. The van der Waals surface area contributed by atoms with Crippen molar-refractivity contribution in [3.63, 3.8) is 0 Å². The van der Waals surface area contributed by atoms with Crippen LogP contribution in [0.1, 0.15) is 31.2 Å². The summed E-state index contributed by atoms with van der Waals surface area (Å²) in [6, 6.07) is 2.13. The van der Waals surface area contributed by atoms with Gasteiger partial charge in [0.1, 0.15) is 0 Å². The van der Waals surface area contributed by atoms with E-state index in [0.29, 0.717) is 5.15 Å². The lowest BCUT2D eigenvalue weighted by atomic mass is 10.0. The number of aryl methyl sites for hydroxylation is 2. The number of piperidine rings is 1. The predicted molar refractivity (Wildman–Crippen MR) is 86.5 cm³/mol. The number of hydrogen-bond donors (Lipinski definition) is 1. The largest absolute Gasteiger partial charge is 0.368 e. The van der Waals surface area contributed by atoms with E-state index in [2.05, 4.69) is 20.3 Å². The van der Waals surface area contributed by atoms with Crippen LogP contribution in [0.5, 0.6) is 0 Å². The number of carbonyl (C=O) groups is 1. The highest BCUT2D eigenvalue weighted by Gasteiger charge is 2.23. The molecule has 7 heteroatoms. The van der Waals surface area contributed by atoms with E-state index in [1.165, 1.54) is 0 Å². The molecule has 1 saturated heterocycles. The first-order chi connectivity index (χ1) is 10.5.